The number of benzene rings is 1. The van der Waals surface area contributed by atoms with Crippen molar-refractivity contribution in [1.29, 1.82) is 0 Å². The van der Waals surface area contributed by atoms with Gasteiger partial charge in [-0.15, -0.1) is 0 Å². The third kappa shape index (κ3) is 2.64. The summed E-state index contributed by atoms with van der Waals surface area (Å²) in [6.45, 7) is 0.680. The van der Waals surface area contributed by atoms with Gasteiger partial charge in [-0.2, -0.15) is 18.3 Å². The fraction of sp³-hybridized carbons (Fsp3) is 0.389. The van der Waals surface area contributed by atoms with Gasteiger partial charge < -0.3 is 4.98 Å². The number of aromatic amines is 1. The molecule has 4 rings (SSSR count). The van der Waals surface area contributed by atoms with Crippen LogP contribution in [-0.2, 0) is 18.4 Å². The van der Waals surface area contributed by atoms with Crippen LogP contribution in [0.3, 0.4) is 0 Å². The highest BCUT2D eigenvalue weighted by Gasteiger charge is 2.44. The van der Waals surface area contributed by atoms with E-state index in [-0.39, 0.29) is 16.7 Å². The van der Waals surface area contributed by atoms with Crippen molar-refractivity contribution in [3.63, 3.8) is 0 Å². The largest absolute Gasteiger partial charge is 0.416 e. The Hall–Kier alpha value is -2.71. The van der Waals surface area contributed by atoms with Crippen molar-refractivity contribution in [2.45, 2.75) is 44.6 Å². The van der Waals surface area contributed by atoms with E-state index in [0.717, 1.165) is 18.6 Å². The molecule has 2 heterocycles. The molecule has 0 unspecified atom stereocenters. The minimum Gasteiger partial charge on any atom is -0.310 e. The molecule has 1 N–H and O–H groups in total. The number of halogens is 4. The van der Waals surface area contributed by atoms with Crippen LogP contribution in [0, 0.1) is 6.92 Å². The summed E-state index contributed by atoms with van der Waals surface area (Å²) in [4.78, 5) is 19.2. The van der Waals surface area contributed by atoms with E-state index in [0.29, 0.717) is 24.2 Å². The topological polar surface area (TPSA) is 63.6 Å². The summed E-state index contributed by atoms with van der Waals surface area (Å²) in [7, 11) is 0. The van der Waals surface area contributed by atoms with Crippen molar-refractivity contribution < 1.29 is 17.6 Å². The van der Waals surface area contributed by atoms with Gasteiger partial charge in [-0.25, -0.2) is 14.1 Å². The molecular weight excluding hydrogens is 364 g/mol. The Morgan fingerprint density at radius 3 is 2.41 bits per heavy atom. The number of aryl methyl sites for hydroxylation is 1. The number of nitrogens with one attached hydrogen (secondary N) is 1. The van der Waals surface area contributed by atoms with Crippen LogP contribution in [-0.4, -0.2) is 19.7 Å². The zero-order chi connectivity index (χ0) is 19.4. The molecule has 1 saturated carbocycles. The van der Waals surface area contributed by atoms with Crippen LogP contribution in [0.2, 0.25) is 0 Å². The average molecular weight is 380 g/mol. The van der Waals surface area contributed by atoms with E-state index < -0.39 is 29.5 Å². The third-order valence-corrected chi connectivity index (χ3v) is 5.19. The maximum absolute atomic E-state index is 13.5. The van der Waals surface area contributed by atoms with Crippen LogP contribution in [0.1, 0.15) is 41.9 Å². The molecule has 9 heteroatoms. The first-order chi connectivity index (χ1) is 12.8. The fourth-order valence-electron chi connectivity index (χ4n) is 3.70. The molecule has 0 spiro atoms. The Kier molecular flexibility index (Phi) is 3.87. The molecule has 142 valence electrons. The normalized spacial score (nSPS) is 16.5. The lowest BCUT2D eigenvalue weighted by Crippen LogP contribution is -2.42. The van der Waals surface area contributed by atoms with Crippen LogP contribution < -0.4 is 5.56 Å². The highest BCUT2D eigenvalue weighted by atomic mass is 19.4. The molecule has 0 atom stereocenters. The van der Waals surface area contributed by atoms with Crippen LogP contribution in [0.25, 0.3) is 11.0 Å². The number of aromatic nitrogens is 4. The van der Waals surface area contributed by atoms with Crippen molar-refractivity contribution >= 4 is 11.0 Å². The van der Waals surface area contributed by atoms with Gasteiger partial charge in [0.05, 0.1) is 11.1 Å². The second-order valence-electron chi connectivity index (χ2n) is 6.80. The van der Waals surface area contributed by atoms with E-state index >= 15 is 0 Å². The Morgan fingerprint density at radius 1 is 1.22 bits per heavy atom. The summed E-state index contributed by atoms with van der Waals surface area (Å²) in [5.74, 6) is 0.362. The zero-order valence-electron chi connectivity index (χ0n) is 14.4. The third-order valence-electron chi connectivity index (χ3n) is 5.19. The van der Waals surface area contributed by atoms with Gasteiger partial charge in [-0.1, -0.05) is 12.1 Å². The summed E-state index contributed by atoms with van der Waals surface area (Å²) in [5, 5.41) is 4.37. The molecule has 3 aromatic rings. The second-order valence-corrected chi connectivity index (χ2v) is 6.80. The minimum absolute atomic E-state index is 0.0167. The molecule has 5 nitrogen and oxygen atoms in total. The van der Waals surface area contributed by atoms with Gasteiger partial charge in [0, 0.05) is 0 Å². The van der Waals surface area contributed by atoms with Crippen LogP contribution in [0.15, 0.2) is 29.1 Å². The molecule has 0 bridgehead atoms. The summed E-state index contributed by atoms with van der Waals surface area (Å²) >= 11 is 0. The van der Waals surface area contributed by atoms with Crippen molar-refractivity contribution in [2.24, 2.45) is 0 Å². The van der Waals surface area contributed by atoms with Gasteiger partial charge in [0.15, 0.2) is 5.65 Å². The fourth-order valence-corrected chi connectivity index (χ4v) is 3.70. The predicted octanol–water partition coefficient (Wildman–Crippen LogP) is 3.84. The molecule has 2 aromatic heterocycles. The highest BCUT2D eigenvalue weighted by molar-refractivity contribution is 5.77. The minimum atomic E-state index is -4.42. The van der Waals surface area contributed by atoms with Crippen LogP contribution in [0.5, 0.6) is 0 Å². The summed E-state index contributed by atoms with van der Waals surface area (Å²) in [5.41, 5.74) is -1.07. The van der Waals surface area contributed by atoms with Gasteiger partial charge in [0.1, 0.15) is 23.6 Å². The number of rotatable bonds is 3. The Bertz CT molecular complexity index is 1060. The van der Waals surface area contributed by atoms with Gasteiger partial charge in [-0.3, -0.25) is 4.79 Å². The summed E-state index contributed by atoms with van der Waals surface area (Å²) in [6, 6.07) is 4.90. The predicted molar refractivity (Wildman–Crippen MR) is 90.1 cm³/mol. The standard InChI is InChI=1S/C18H16F4N4O/c1-10-23-15-14(16(27)24-10)13(9-19)25-26(15)17(7-2-8-17)11-3-5-12(6-4-11)18(20,21)22/h3-6H,2,7-9H2,1H3,(H,23,24,27). The molecule has 27 heavy (non-hydrogen) atoms. The lowest BCUT2D eigenvalue weighted by Gasteiger charge is -2.42. The van der Waals surface area contributed by atoms with Crippen LogP contribution in [0.4, 0.5) is 17.6 Å². The summed E-state index contributed by atoms with van der Waals surface area (Å²) < 4.78 is 53.6. The number of alkyl halides is 4. The van der Waals surface area contributed by atoms with E-state index in [1.165, 1.54) is 16.8 Å². The first kappa shape index (κ1) is 17.7. The number of hydrogen-bond acceptors (Lipinski definition) is 3. The molecule has 0 radical (unpaired) electrons. The van der Waals surface area contributed by atoms with E-state index in [1.807, 2.05) is 0 Å². The molecule has 1 fully saturated rings. The van der Waals surface area contributed by atoms with E-state index in [2.05, 4.69) is 15.1 Å². The molecule has 1 aromatic carbocycles. The van der Waals surface area contributed by atoms with E-state index in [4.69, 9.17) is 0 Å². The van der Waals surface area contributed by atoms with Gasteiger partial charge in [0.2, 0.25) is 0 Å². The smallest absolute Gasteiger partial charge is 0.310 e. The van der Waals surface area contributed by atoms with Crippen LogP contribution >= 0.6 is 0 Å². The highest BCUT2D eigenvalue weighted by Crippen LogP contribution is 2.46. The second kappa shape index (κ2) is 5.90. The van der Waals surface area contributed by atoms with Gasteiger partial charge in [-0.05, 0) is 43.9 Å². The molecule has 1 aliphatic rings. The van der Waals surface area contributed by atoms with Gasteiger partial charge in [0.25, 0.3) is 5.56 Å². The van der Waals surface area contributed by atoms with Gasteiger partial charge >= 0.3 is 6.18 Å². The van der Waals surface area contributed by atoms with E-state index in [9.17, 15) is 22.4 Å². The van der Waals surface area contributed by atoms with Crippen molar-refractivity contribution in [1.82, 2.24) is 19.7 Å². The van der Waals surface area contributed by atoms with Crippen molar-refractivity contribution in [3.05, 3.63) is 57.3 Å². The molecule has 0 saturated heterocycles. The van der Waals surface area contributed by atoms with E-state index in [1.54, 1.807) is 6.92 Å². The quantitative estimate of drug-likeness (QED) is 0.702. The lowest BCUT2D eigenvalue weighted by molar-refractivity contribution is -0.137. The number of H-pyrrole nitrogens is 1. The number of nitrogens with zero attached hydrogens (tertiary/aromatic N) is 3. The maximum Gasteiger partial charge on any atom is 0.416 e. The molecular formula is C18H16F4N4O. The first-order valence-electron chi connectivity index (χ1n) is 8.49. The molecule has 0 amide bonds. The van der Waals surface area contributed by atoms with Crippen molar-refractivity contribution in [3.8, 4) is 0 Å². The van der Waals surface area contributed by atoms with Crippen molar-refractivity contribution in [2.75, 3.05) is 0 Å². The molecule has 0 aliphatic heterocycles. The first-order valence-corrected chi connectivity index (χ1v) is 8.49. The monoisotopic (exact) mass is 380 g/mol. The zero-order valence-corrected chi connectivity index (χ0v) is 14.4. The maximum atomic E-state index is 13.5. The SMILES string of the molecule is Cc1nc2c(c(CF)nn2C2(c3ccc(C(F)(F)F)cc3)CCC2)c(=O)[nH]1. The Balaban J connectivity index is 1.92. The summed E-state index contributed by atoms with van der Waals surface area (Å²) in [6.07, 6.45) is -2.34. The average Bonchev–Trinajstić information content (AvgIpc) is 2.93. The Labute approximate surface area is 151 Å². The molecule has 1 aliphatic carbocycles. The Morgan fingerprint density at radius 2 is 1.89 bits per heavy atom. The number of fused-ring (bicyclic) bond motifs is 1. The lowest BCUT2D eigenvalue weighted by atomic mass is 9.71. The number of hydrogen-bond donors (Lipinski definition) is 1.